The number of hydrogen-bond acceptors (Lipinski definition) is 5. The number of nitrogens with two attached hydrogens (primary N) is 1. The molecule has 2 fully saturated rings. The van der Waals surface area contributed by atoms with Crippen LogP contribution in [-0.2, 0) is 14.4 Å². The van der Waals surface area contributed by atoms with E-state index in [4.69, 9.17) is 11.1 Å². The van der Waals surface area contributed by atoms with E-state index in [1.54, 1.807) is 13.8 Å². The van der Waals surface area contributed by atoms with Gasteiger partial charge in [-0.15, -0.1) is 0 Å². The summed E-state index contributed by atoms with van der Waals surface area (Å²) in [5.74, 6) is -1.71. The van der Waals surface area contributed by atoms with Gasteiger partial charge in [0.1, 0.15) is 17.4 Å². The van der Waals surface area contributed by atoms with Gasteiger partial charge in [0.25, 0.3) is 0 Å². The van der Waals surface area contributed by atoms with Gasteiger partial charge in [-0.25, -0.2) is 0 Å². The number of likely N-dealkylation sites (tertiary alicyclic amines) is 2. The van der Waals surface area contributed by atoms with Crippen molar-refractivity contribution < 1.29 is 19.5 Å². The van der Waals surface area contributed by atoms with Gasteiger partial charge in [0, 0.05) is 12.3 Å². The lowest BCUT2D eigenvalue weighted by atomic mass is 9.82. The number of imide groups is 1. The van der Waals surface area contributed by atoms with E-state index in [1.165, 1.54) is 11.8 Å². The standard InChI is InChI=1S/C14H22N4O4/c1-7(2)12(22)18-9(20)4-5-14(18)6-17(13(14)16)10(8(3)19)11(15)21/h7-8,10,16,19H,4-6H2,1-3H3,(H2,15,21)/t8-,10+,14?/m1/s1. The molecule has 8 nitrogen and oxygen atoms in total. The first-order valence-corrected chi connectivity index (χ1v) is 7.33. The molecule has 1 spiro atoms. The molecule has 3 amide bonds. The Morgan fingerprint density at radius 2 is 1.95 bits per heavy atom. The molecule has 122 valence electrons. The quantitative estimate of drug-likeness (QED) is 0.617. The van der Waals surface area contributed by atoms with Gasteiger partial charge in [-0.1, -0.05) is 13.8 Å². The second-order valence-electron chi connectivity index (χ2n) is 6.32. The van der Waals surface area contributed by atoms with Crippen LogP contribution in [0.2, 0.25) is 0 Å². The molecule has 0 aromatic carbocycles. The van der Waals surface area contributed by atoms with Crippen molar-refractivity contribution >= 4 is 23.6 Å². The number of nitrogens with one attached hydrogen (secondary N) is 1. The lowest BCUT2D eigenvalue weighted by Crippen LogP contribution is -2.77. The minimum Gasteiger partial charge on any atom is -0.391 e. The highest BCUT2D eigenvalue weighted by molar-refractivity contribution is 6.10. The van der Waals surface area contributed by atoms with Crippen LogP contribution < -0.4 is 5.73 Å². The summed E-state index contributed by atoms with van der Waals surface area (Å²) in [4.78, 5) is 38.4. The highest BCUT2D eigenvalue weighted by Gasteiger charge is 2.62. The van der Waals surface area contributed by atoms with Crippen molar-refractivity contribution in [2.75, 3.05) is 6.54 Å². The van der Waals surface area contributed by atoms with Crippen LogP contribution in [0.3, 0.4) is 0 Å². The smallest absolute Gasteiger partial charge is 0.242 e. The van der Waals surface area contributed by atoms with E-state index in [0.29, 0.717) is 6.42 Å². The van der Waals surface area contributed by atoms with Crippen LogP contribution in [0.15, 0.2) is 0 Å². The third-order valence-electron chi connectivity index (χ3n) is 4.39. The third kappa shape index (κ3) is 2.18. The number of carbonyl (C=O) groups excluding carboxylic acids is 3. The topological polar surface area (TPSA) is 128 Å². The number of hydrogen-bond donors (Lipinski definition) is 3. The number of amides is 3. The summed E-state index contributed by atoms with van der Waals surface area (Å²) in [7, 11) is 0. The Balaban J connectivity index is 2.27. The number of carbonyl (C=O) groups is 3. The highest BCUT2D eigenvalue weighted by Crippen LogP contribution is 2.41. The zero-order valence-electron chi connectivity index (χ0n) is 13.0. The van der Waals surface area contributed by atoms with Gasteiger partial charge in [0.05, 0.1) is 12.6 Å². The number of rotatable bonds is 4. The zero-order valence-corrected chi connectivity index (χ0v) is 13.0. The van der Waals surface area contributed by atoms with Crippen molar-refractivity contribution in [3.05, 3.63) is 0 Å². The lowest BCUT2D eigenvalue weighted by Gasteiger charge is -2.55. The summed E-state index contributed by atoms with van der Waals surface area (Å²) in [5, 5.41) is 18.0. The third-order valence-corrected chi connectivity index (χ3v) is 4.39. The van der Waals surface area contributed by atoms with Crippen molar-refractivity contribution in [1.82, 2.24) is 9.80 Å². The lowest BCUT2D eigenvalue weighted by molar-refractivity contribution is -0.150. The Labute approximate surface area is 128 Å². The predicted molar refractivity (Wildman–Crippen MR) is 77.8 cm³/mol. The average Bonchev–Trinajstić information content (AvgIpc) is 2.75. The number of primary amides is 1. The molecule has 0 aromatic heterocycles. The Morgan fingerprint density at radius 1 is 1.36 bits per heavy atom. The Hall–Kier alpha value is -1.96. The summed E-state index contributed by atoms with van der Waals surface area (Å²) < 4.78 is 0. The maximum absolute atomic E-state index is 12.3. The maximum Gasteiger partial charge on any atom is 0.242 e. The molecule has 2 rings (SSSR count). The van der Waals surface area contributed by atoms with E-state index in [0.717, 1.165) is 4.90 Å². The van der Waals surface area contributed by atoms with E-state index in [2.05, 4.69) is 0 Å². The van der Waals surface area contributed by atoms with E-state index < -0.39 is 23.6 Å². The molecular weight excluding hydrogens is 288 g/mol. The van der Waals surface area contributed by atoms with E-state index >= 15 is 0 Å². The first-order valence-electron chi connectivity index (χ1n) is 7.33. The number of amidine groups is 1. The van der Waals surface area contributed by atoms with Crippen molar-refractivity contribution in [1.29, 1.82) is 5.41 Å². The van der Waals surface area contributed by atoms with Crippen LogP contribution in [-0.4, -0.2) is 62.7 Å². The molecule has 8 heteroatoms. The van der Waals surface area contributed by atoms with Gasteiger partial charge in [0.15, 0.2) is 0 Å². The Bertz CT molecular complexity index is 545. The Morgan fingerprint density at radius 3 is 2.36 bits per heavy atom. The van der Waals surface area contributed by atoms with Crippen molar-refractivity contribution in [3.8, 4) is 0 Å². The van der Waals surface area contributed by atoms with Gasteiger partial charge in [-0.05, 0) is 13.3 Å². The highest BCUT2D eigenvalue weighted by atomic mass is 16.3. The normalized spacial score (nSPS) is 27.3. The van der Waals surface area contributed by atoms with Crippen molar-refractivity contribution in [3.63, 3.8) is 0 Å². The molecule has 0 aliphatic carbocycles. The van der Waals surface area contributed by atoms with E-state index in [9.17, 15) is 19.5 Å². The summed E-state index contributed by atoms with van der Waals surface area (Å²) in [5.41, 5.74) is 4.30. The van der Waals surface area contributed by atoms with E-state index in [-0.39, 0.29) is 36.5 Å². The van der Waals surface area contributed by atoms with Gasteiger partial charge < -0.3 is 15.7 Å². The monoisotopic (exact) mass is 310 g/mol. The van der Waals surface area contributed by atoms with E-state index in [1.807, 2.05) is 0 Å². The van der Waals surface area contributed by atoms with Gasteiger partial charge in [-0.3, -0.25) is 24.7 Å². The first-order chi connectivity index (χ1) is 10.1. The van der Waals surface area contributed by atoms with Gasteiger partial charge in [-0.2, -0.15) is 0 Å². The molecule has 22 heavy (non-hydrogen) atoms. The zero-order chi connectivity index (χ0) is 16.8. The van der Waals surface area contributed by atoms with Crippen molar-refractivity contribution in [2.24, 2.45) is 11.7 Å². The molecule has 2 aliphatic heterocycles. The first kappa shape index (κ1) is 16.4. The van der Waals surface area contributed by atoms with Crippen LogP contribution in [0, 0.1) is 11.3 Å². The number of aliphatic hydroxyl groups excluding tert-OH is 1. The fraction of sp³-hybridized carbons (Fsp3) is 0.714. The summed E-state index contributed by atoms with van der Waals surface area (Å²) >= 11 is 0. The molecule has 2 saturated heterocycles. The van der Waals surface area contributed by atoms with Crippen LogP contribution in [0.1, 0.15) is 33.6 Å². The molecule has 0 radical (unpaired) electrons. The largest absolute Gasteiger partial charge is 0.391 e. The minimum atomic E-state index is -1.04. The van der Waals surface area contributed by atoms with Crippen LogP contribution >= 0.6 is 0 Å². The molecule has 2 heterocycles. The predicted octanol–water partition coefficient (Wildman–Crippen LogP) is -0.942. The fourth-order valence-corrected chi connectivity index (χ4v) is 3.24. The molecule has 0 aromatic rings. The molecule has 3 atom stereocenters. The van der Waals surface area contributed by atoms with Crippen LogP contribution in [0.4, 0.5) is 0 Å². The van der Waals surface area contributed by atoms with Crippen LogP contribution in [0.25, 0.3) is 0 Å². The van der Waals surface area contributed by atoms with Crippen molar-refractivity contribution in [2.45, 2.75) is 51.3 Å². The number of nitrogens with zero attached hydrogens (tertiary/aromatic N) is 2. The maximum atomic E-state index is 12.3. The fourth-order valence-electron chi connectivity index (χ4n) is 3.24. The molecule has 0 saturated carbocycles. The SMILES string of the molecule is CC(C)C(=O)N1C(=O)CCC12CN([C@H](C(N)=O)[C@@H](C)O)C2=N. The molecule has 4 N–H and O–H groups in total. The second-order valence-corrected chi connectivity index (χ2v) is 6.32. The van der Waals surface area contributed by atoms with Crippen LogP contribution in [0.5, 0.6) is 0 Å². The van der Waals surface area contributed by atoms with Gasteiger partial charge in [0.2, 0.25) is 17.7 Å². The molecule has 0 bridgehead atoms. The average molecular weight is 310 g/mol. The molecule has 1 unspecified atom stereocenters. The molecule has 2 aliphatic rings. The Kier molecular flexibility index (Phi) is 3.99. The summed E-state index contributed by atoms with van der Waals surface area (Å²) in [6.45, 7) is 4.98. The minimum absolute atomic E-state index is 0.00273. The molecular formula is C14H22N4O4. The summed E-state index contributed by atoms with van der Waals surface area (Å²) in [6.07, 6.45) is -0.475. The second kappa shape index (κ2) is 5.35. The summed E-state index contributed by atoms with van der Waals surface area (Å²) in [6, 6.07) is -1.02. The van der Waals surface area contributed by atoms with Gasteiger partial charge >= 0.3 is 0 Å². The number of aliphatic hydroxyl groups is 1.